The van der Waals surface area contributed by atoms with Gasteiger partial charge in [0.2, 0.25) is 0 Å². The zero-order valence-corrected chi connectivity index (χ0v) is 25.0. The van der Waals surface area contributed by atoms with E-state index in [2.05, 4.69) is 0 Å². The minimum atomic E-state index is -0.870. The third kappa shape index (κ3) is 4.26. The molecule has 0 aliphatic rings. The summed E-state index contributed by atoms with van der Waals surface area (Å²) in [6.07, 6.45) is 0. The number of para-hydroxylation sites is 1. The van der Waals surface area contributed by atoms with E-state index in [0.717, 1.165) is 0 Å². The second-order valence-corrected chi connectivity index (χ2v) is 11.1. The number of fused-ring (bicyclic) bond motifs is 6. The molecule has 0 radical (unpaired) electrons. The molecule has 9 aromatic carbocycles. The van der Waals surface area contributed by atoms with Crippen LogP contribution in [-0.2, 0) is 0 Å². The summed E-state index contributed by atoms with van der Waals surface area (Å²) in [6, 6.07) is -4.56. The van der Waals surface area contributed by atoms with E-state index in [-0.39, 0.29) is 16.5 Å². The van der Waals surface area contributed by atoms with Gasteiger partial charge in [0.1, 0.15) is 11.3 Å². The van der Waals surface area contributed by atoms with Crippen LogP contribution < -0.4 is 0 Å². The van der Waals surface area contributed by atoms with Gasteiger partial charge in [0.25, 0.3) is 0 Å². The molecule has 0 spiro atoms. The van der Waals surface area contributed by atoms with Crippen molar-refractivity contribution < 1.29 is 34.6 Å². The van der Waals surface area contributed by atoms with Gasteiger partial charge in [0, 0.05) is 33.0 Å². The predicted molar refractivity (Wildman–Crippen MR) is 208 cm³/mol. The summed E-state index contributed by atoms with van der Waals surface area (Å²) in [5.74, 6) is -0.490. The average Bonchev–Trinajstić information content (AvgIpc) is 3.74. The minimum Gasteiger partial charge on any atom is -0.455 e. The molecule has 49 heavy (non-hydrogen) atoms. The fraction of sp³-hybridized carbons (Fsp3) is 0. The Labute approximate surface area is 315 Å². The monoisotopic (exact) mass is 644 g/mol. The maximum atomic E-state index is 9.68. The maximum absolute atomic E-state index is 9.68. The molecule has 0 aliphatic heterocycles. The smallest absolute Gasteiger partial charge is 0.143 e. The molecule has 1 nitrogen and oxygen atoms in total. The normalized spacial score (nSPS) is 18.0. The van der Waals surface area contributed by atoms with Gasteiger partial charge in [0.15, 0.2) is 0 Å². The molecular formula is C48H30O. The Balaban J connectivity index is 1.60. The summed E-state index contributed by atoms with van der Waals surface area (Å²) >= 11 is 0. The van der Waals surface area contributed by atoms with Gasteiger partial charge in [-0.2, -0.15) is 0 Å². The van der Waals surface area contributed by atoms with Crippen molar-refractivity contribution in [3.05, 3.63) is 181 Å². The van der Waals surface area contributed by atoms with Crippen LogP contribution in [0.5, 0.6) is 0 Å². The van der Waals surface area contributed by atoms with Crippen LogP contribution in [-0.4, -0.2) is 0 Å². The molecule has 0 saturated heterocycles. The summed E-state index contributed by atoms with van der Waals surface area (Å²) in [5, 5.41) is -3.87. The summed E-state index contributed by atoms with van der Waals surface area (Å²) in [5.41, 5.74) is -1.48. The van der Waals surface area contributed by atoms with E-state index < -0.39 is 204 Å². The van der Waals surface area contributed by atoms with Crippen molar-refractivity contribution in [3.63, 3.8) is 0 Å². The lowest BCUT2D eigenvalue weighted by Crippen LogP contribution is -1.92. The molecule has 1 heterocycles. The van der Waals surface area contributed by atoms with Gasteiger partial charge >= 0.3 is 0 Å². The summed E-state index contributed by atoms with van der Waals surface area (Å²) < 4.78 is 207. The molecule has 0 unspecified atom stereocenters. The van der Waals surface area contributed by atoms with Crippen LogP contribution in [0, 0.1) is 0 Å². The van der Waals surface area contributed by atoms with Gasteiger partial charge in [-0.25, -0.2) is 0 Å². The highest BCUT2D eigenvalue weighted by Crippen LogP contribution is 2.52. The molecule has 0 fully saturated rings. The van der Waals surface area contributed by atoms with Crippen LogP contribution in [0.25, 0.3) is 98.8 Å². The standard InChI is InChI=1S/C48H30O/c1-3-15-31(16-4-1)36-26-14-28-42-46(48(49-47(36)42)41-27-13-20-34-30-29-32-17-7-8-21-35(32)43(34)41)45-39-24-11-9-22-37(39)44(33-18-5-2-6-19-33)38-23-10-12-25-40(38)45/h1-30H/i2D,5D,6D,7D,8D,9D,10D,11D,12D,13D,17D,18D,19D,20D,21D,22D,23D,24D,25D,27D,29D,30D. The molecule has 0 amide bonds. The summed E-state index contributed by atoms with van der Waals surface area (Å²) in [7, 11) is 0. The first-order valence-electron chi connectivity index (χ1n) is 26.1. The van der Waals surface area contributed by atoms with Crippen molar-refractivity contribution >= 4 is 54.1 Å². The second kappa shape index (κ2) is 11.1. The maximum Gasteiger partial charge on any atom is 0.143 e. The Morgan fingerprint density at radius 2 is 0.980 bits per heavy atom. The Hall–Kier alpha value is -6.44. The molecule has 0 aliphatic carbocycles. The average molecular weight is 645 g/mol. The molecule has 0 saturated carbocycles. The van der Waals surface area contributed by atoms with Gasteiger partial charge < -0.3 is 4.42 Å². The molecule has 0 N–H and O–H groups in total. The number of furan rings is 1. The minimum absolute atomic E-state index is 0.00943. The highest BCUT2D eigenvalue weighted by molar-refractivity contribution is 6.26. The summed E-state index contributed by atoms with van der Waals surface area (Å²) in [6.45, 7) is 0. The quantitative estimate of drug-likeness (QED) is 0.137. The fourth-order valence-corrected chi connectivity index (χ4v) is 6.53. The first-order valence-corrected chi connectivity index (χ1v) is 15.1. The van der Waals surface area contributed by atoms with Gasteiger partial charge in [-0.15, -0.1) is 0 Å². The van der Waals surface area contributed by atoms with Crippen molar-refractivity contribution in [1.82, 2.24) is 0 Å². The lowest BCUT2D eigenvalue weighted by atomic mass is 9.84. The number of hydrogen-bond donors (Lipinski definition) is 0. The van der Waals surface area contributed by atoms with Crippen LogP contribution in [0.15, 0.2) is 186 Å². The zero-order valence-electron chi connectivity index (χ0n) is 47.0. The molecule has 1 aromatic heterocycles. The first kappa shape index (κ1) is 13.6. The zero-order chi connectivity index (χ0) is 51.5. The van der Waals surface area contributed by atoms with E-state index in [1.807, 2.05) is 0 Å². The third-order valence-corrected chi connectivity index (χ3v) is 8.53. The fourth-order valence-electron chi connectivity index (χ4n) is 6.53. The van der Waals surface area contributed by atoms with Gasteiger partial charge in [-0.1, -0.05) is 181 Å². The second-order valence-electron chi connectivity index (χ2n) is 11.1. The van der Waals surface area contributed by atoms with Crippen molar-refractivity contribution in [2.24, 2.45) is 0 Å². The van der Waals surface area contributed by atoms with Gasteiger partial charge in [-0.05, 0) is 54.4 Å². The largest absolute Gasteiger partial charge is 0.455 e. The molecule has 1 heteroatoms. The van der Waals surface area contributed by atoms with Crippen LogP contribution in [0.4, 0.5) is 0 Å². The van der Waals surface area contributed by atoms with E-state index >= 15 is 0 Å². The van der Waals surface area contributed by atoms with Crippen LogP contribution in [0.2, 0.25) is 0 Å². The topological polar surface area (TPSA) is 13.1 Å². The third-order valence-electron chi connectivity index (χ3n) is 8.53. The van der Waals surface area contributed by atoms with Crippen molar-refractivity contribution in [1.29, 1.82) is 0 Å². The first-order chi connectivity index (χ1) is 33.5. The Kier molecular flexibility index (Phi) is 3.07. The Morgan fingerprint density at radius 1 is 0.367 bits per heavy atom. The van der Waals surface area contributed by atoms with Gasteiger partial charge in [-0.3, -0.25) is 0 Å². The lowest BCUT2D eigenvalue weighted by Gasteiger charge is -2.18. The van der Waals surface area contributed by atoms with Crippen molar-refractivity contribution in [3.8, 4) is 44.7 Å². The van der Waals surface area contributed by atoms with Crippen molar-refractivity contribution in [2.75, 3.05) is 0 Å². The number of benzene rings is 9. The molecule has 228 valence electrons. The summed E-state index contributed by atoms with van der Waals surface area (Å²) in [4.78, 5) is 0. The van der Waals surface area contributed by atoms with E-state index in [4.69, 9.17) is 25.0 Å². The van der Waals surface area contributed by atoms with E-state index in [9.17, 15) is 9.60 Å². The highest BCUT2D eigenvalue weighted by atomic mass is 16.3. The van der Waals surface area contributed by atoms with Crippen LogP contribution in [0.3, 0.4) is 0 Å². The molecular weight excluding hydrogens is 593 g/mol. The van der Waals surface area contributed by atoms with E-state index in [1.165, 1.54) is 6.07 Å². The molecule has 10 rings (SSSR count). The van der Waals surface area contributed by atoms with Gasteiger partial charge in [0.05, 0.1) is 30.2 Å². The Morgan fingerprint density at radius 3 is 1.71 bits per heavy atom. The van der Waals surface area contributed by atoms with Crippen LogP contribution in [0.1, 0.15) is 30.2 Å². The van der Waals surface area contributed by atoms with E-state index in [1.54, 1.807) is 42.5 Å². The number of hydrogen-bond acceptors (Lipinski definition) is 1. The molecule has 0 atom stereocenters. The SMILES string of the molecule is [2H]c1c([2H])c([2H])c(-c2c3c([2H])c([2H])c([2H])c([2H])c3c(-c3c(-c4c([2H])c([2H])c([2H])c5c([2H])c([2H])c6c([2H])c([2H])c([2H])c([2H])c6c45)oc4c(-c5ccccc5)cccc34)c3c([2H])c([2H])c([2H])c([2H])c23)c([2H])c1[2H]. The predicted octanol–water partition coefficient (Wildman–Crippen LogP) is 13.7. The molecule has 0 bridgehead atoms. The van der Waals surface area contributed by atoms with E-state index in [0.29, 0.717) is 11.1 Å². The molecule has 10 aromatic rings. The van der Waals surface area contributed by atoms with Crippen LogP contribution >= 0.6 is 0 Å². The lowest BCUT2D eigenvalue weighted by molar-refractivity contribution is 0.634. The number of rotatable bonds is 4. The highest BCUT2D eigenvalue weighted by Gasteiger charge is 2.26. The Bertz CT molecular complexity index is 4020. The van der Waals surface area contributed by atoms with Crippen molar-refractivity contribution in [2.45, 2.75) is 0 Å².